The molecule has 0 aromatic heterocycles. The zero-order chi connectivity index (χ0) is 13.4. The number of nitrogens with one attached hydrogen (secondary N) is 1. The van der Waals surface area contributed by atoms with Gasteiger partial charge in [0.2, 0.25) is 0 Å². The van der Waals surface area contributed by atoms with Crippen LogP contribution in [0.2, 0.25) is 0 Å². The number of rotatable bonds is 5. The molecule has 6 nitrogen and oxygen atoms in total. The molecule has 0 spiro atoms. The molecule has 1 fully saturated rings. The molecule has 0 bridgehead atoms. The number of hydrogen-bond acceptors (Lipinski definition) is 3. The minimum absolute atomic E-state index is 0.0809. The lowest BCUT2D eigenvalue weighted by atomic mass is 10.1. The van der Waals surface area contributed by atoms with Crippen molar-refractivity contribution >= 4 is 12.0 Å². The molecule has 18 heavy (non-hydrogen) atoms. The predicted octanol–water partition coefficient (Wildman–Crippen LogP) is 0.919. The standard InChI is InChI=1S/C12H22N2O4/c1-10(3-4-11(15)16)9-13-12(17)14-5-2-7-18-8-6-14/h10H,2-9H2,1H3,(H,13,17)(H,15,16). The van der Waals surface area contributed by atoms with Gasteiger partial charge in [-0.2, -0.15) is 0 Å². The molecule has 0 saturated carbocycles. The molecule has 1 rings (SSSR count). The normalized spacial score (nSPS) is 17.9. The van der Waals surface area contributed by atoms with Crippen LogP contribution in [0.1, 0.15) is 26.2 Å². The first-order chi connectivity index (χ1) is 8.59. The van der Waals surface area contributed by atoms with E-state index in [1.807, 2.05) is 6.92 Å². The molecule has 104 valence electrons. The Morgan fingerprint density at radius 1 is 1.39 bits per heavy atom. The second-order valence-corrected chi connectivity index (χ2v) is 4.68. The molecular weight excluding hydrogens is 236 g/mol. The first-order valence-corrected chi connectivity index (χ1v) is 6.42. The van der Waals surface area contributed by atoms with E-state index in [0.29, 0.717) is 32.7 Å². The third-order valence-electron chi connectivity index (χ3n) is 2.96. The van der Waals surface area contributed by atoms with Gasteiger partial charge in [0.25, 0.3) is 0 Å². The second-order valence-electron chi connectivity index (χ2n) is 4.68. The lowest BCUT2D eigenvalue weighted by Crippen LogP contribution is -2.42. The smallest absolute Gasteiger partial charge is 0.317 e. The molecule has 0 aliphatic carbocycles. The largest absolute Gasteiger partial charge is 0.481 e. The van der Waals surface area contributed by atoms with Crippen LogP contribution >= 0.6 is 0 Å². The zero-order valence-corrected chi connectivity index (χ0v) is 10.9. The Hall–Kier alpha value is -1.30. The molecular formula is C12H22N2O4. The van der Waals surface area contributed by atoms with Gasteiger partial charge in [0.1, 0.15) is 0 Å². The maximum absolute atomic E-state index is 11.8. The fourth-order valence-electron chi connectivity index (χ4n) is 1.79. The van der Waals surface area contributed by atoms with E-state index >= 15 is 0 Å². The summed E-state index contributed by atoms with van der Waals surface area (Å²) in [6.45, 7) is 5.09. The highest BCUT2D eigenvalue weighted by molar-refractivity contribution is 5.74. The number of amides is 2. The SMILES string of the molecule is CC(CCC(=O)O)CNC(=O)N1CCCOCC1. The zero-order valence-electron chi connectivity index (χ0n) is 10.9. The van der Waals surface area contributed by atoms with Crippen molar-refractivity contribution in [3.63, 3.8) is 0 Å². The van der Waals surface area contributed by atoms with E-state index in [1.165, 1.54) is 0 Å². The minimum Gasteiger partial charge on any atom is -0.481 e. The van der Waals surface area contributed by atoms with Crippen molar-refractivity contribution in [2.45, 2.75) is 26.2 Å². The summed E-state index contributed by atoms with van der Waals surface area (Å²) in [4.78, 5) is 24.0. The molecule has 1 aliphatic heterocycles. The molecule has 0 aromatic rings. The Bertz CT molecular complexity index is 275. The van der Waals surface area contributed by atoms with Gasteiger partial charge in [-0.15, -0.1) is 0 Å². The Kier molecular flexibility index (Phi) is 6.49. The van der Waals surface area contributed by atoms with Crippen molar-refractivity contribution < 1.29 is 19.4 Å². The van der Waals surface area contributed by atoms with E-state index in [2.05, 4.69) is 5.32 Å². The number of carboxylic acids is 1. The molecule has 1 saturated heterocycles. The van der Waals surface area contributed by atoms with Crippen LogP contribution in [-0.2, 0) is 9.53 Å². The van der Waals surface area contributed by atoms with Crippen LogP contribution in [0.3, 0.4) is 0 Å². The number of nitrogens with zero attached hydrogens (tertiary/aromatic N) is 1. The highest BCUT2D eigenvalue weighted by atomic mass is 16.5. The van der Waals surface area contributed by atoms with Gasteiger partial charge >= 0.3 is 12.0 Å². The minimum atomic E-state index is -0.794. The van der Waals surface area contributed by atoms with Crippen molar-refractivity contribution in [3.8, 4) is 0 Å². The lowest BCUT2D eigenvalue weighted by molar-refractivity contribution is -0.137. The summed E-state index contributed by atoms with van der Waals surface area (Å²) in [5, 5.41) is 11.4. The van der Waals surface area contributed by atoms with Crippen LogP contribution in [0, 0.1) is 5.92 Å². The Morgan fingerprint density at radius 2 is 2.17 bits per heavy atom. The highest BCUT2D eigenvalue weighted by Crippen LogP contribution is 2.05. The maximum Gasteiger partial charge on any atom is 0.317 e. The topological polar surface area (TPSA) is 78.9 Å². The number of hydrogen-bond donors (Lipinski definition) is 2. The van der Waals surface area contributed by atoms with E-state index < -0.39 is 5.97 Å². The monoisotopic (exact) mass is 258 g/mol. The summed E-state index contributed by atoms with van der Waals surface area (Å²) in [5.41, 5.74) is 0. The quantitative estimate of drug-likeness (QED) is 0.768. The van der Waals surface area contributed by atoms with Gasteiger partial charge in [0.05, 0.1) is 6.61 Å². The van der Waals surface area contributed by atoms with Gasteiger partial charge in [-0.3, -0.25) is 4.79 Å². The number of ether oxygens (including phenoxy) is 1. The van der Waals surface area contributed by atoms with Crippen molar-refractivity contribution in [2.75, 3.05) is 32.8 Å². The molecule has 1 heterocycles. The van der Waals surface area contributed by atoms with Crippen LogP contribution < -0.4 is 5.32 Å². The average molecular weight is 258 g/mol. The van der Waals surface area contributed by atoms with Crippen molar-refractivity contribution in [2.24, 2.45) is 5.92 Å². The molecule has 1 atom stereocenters. The van der Waals surface area contributed by atoms with E-state index in [1.54, 1.807) is 4.90 Å². The van der Waals surface area contributed by atoms with Crippen molar-refractivity contribution in [1.29, 1.82) is 0 Å². The van der Waals surface area contributed by atoms with Crippen LogP contribution in [0.25, 0.3) is 0 Å². The van der Waals surface area contributed by atoms with Crippen LogP contribution in [0.5, 0.6) is 0 Å². The predicted molar refractivity (Wildman–Crippen MR) is 66.4 cm³/mol. The first-order valence-electron chi connectivity index (χ1n) is 6.42. The Labute approximate surface area is 107 Å². The van der Waals surface area contributed by atoms with Gasteiger partial charge in [-0.1, -0.05) is 6.92 Å². The van der Waals surface area contributed by atoms with Gasteiger partial charge < -0.3 is 20.1 Å². The average Bonchev–Trinajstić information content (AvgIpc) is 2.62. The van der Waals surface area contributed by atoms with E-state index in [4.69, 9.17) is 9.84 Å². The third kappa shape index (κ3) is 5.86. The third-order valence-corrected chi connectivity index (χ3v) is 2.96. The van der Waals surface area contributed by atoms with Gasteiger partial charge in [0.15, 0.2) is 0 Å². The summed E-state index contributed by atoms with van der Waals surface area (Å²) in [7, 11) is 0. The summed E-state index contributed by atoms with van der Waals surface area (Å²) in [6.07, 6.45) is 1.59. The van der Waals surface area contributed by atoms with Gasteiger partial charge in [-0.05, 0) is 18.8 Å². The molecule has 0 radical (unpaired) electrons. The molecule has 6 heteroatoms. The molecule has 2 amide bonds. The first kappa shape index (κ1) is 14.8. The van der Waals surface area contributed by atoms with Crippen LogP contribution in [0.15, 0.2) is 0 Å². The lowest BCUT2D eigenvalue weighted by Gasteiger charge is -2.21. The van der Waals surface area contributed by atoms with Crippen LogP contribution in [-0.4, -0.2) is 54.9 Å². The van der Waals surface area contributed by atoms with Crippen molar-refractivity contribution in [3.05, 3.63) is 0 Å². The highest BCUT2D eigenvalue weighted by Gasteiger charge is 2.16. The van der Waals surface area contributed by atoms with E-state index in [9.17, 15) is 9.59 Å². The summed E-state index contributed by atoms with van der Waals surface area (Å²) >= 11 is 0. The fraction of sp³-hybridized carbons (Fsp3) is 0.833. The number of carbonyl (C=O) groups is 2. The number of carbonyl (C=O) groups excluding carboxylic acids is 1. The van der Waals surface area contributed by atoms with Gasteiger partial charge in [0, 0.05) is 32.7 Å². The number of carboxylic acid groups (broad SMARTS) is 1. The second kappa shape index (κ2) is 7.92. The summed E-state index contributed by atoms with van der Waals surface area (Å²) < 4.78 is 5.28. The Balaban J connectivity index is 2.20. The number of aliphatic carboxylic acids is 1. The van der Waals surface area contributed by atoms with Crippen LogP contribution in [0.4, 0.5) is 4.79 Å². The maximum atomic E-state index is 11.8. The van der Waals surface area contributed by atoms with E-state index in [-0.39, 0.29) is 18.4 Å². The molecule has 1 aliphatic rings. The fourth-order valence-corrected chi connectivity index (χ4v) is 1.79. The molecule has 2 N–H and O–H groups in total. The summed E-state index contributed by atoms with van der Waals surface area (Å²) in [5.74, 6) is -0.619. The van der Waals surface area contributed by atoms with Gasteiger partial charge in [-0.25, -0.2) is 4.79 Å². The molecule has 1 unspecified atom stereocenters. The molecule has 0 aromatic carbocycles. The van der Waals surface area contributed by atoms with E-state index in [0.717, 1.165) is 13.0 Å². The number of urea groups is 1. The van der Waals surface area contributed by atoms with Crippen molar-refractivity contribution in [1.82, 2.24) is 10.2 Å². The summed E-state index contributed by atoms with van der Waals surface area (Å²) in [6, 6.07) is -0.0809. The Morgan fingerprint density at radius 3 is 2.89 bits per heavy atom.